The molecule has 0 bridgehead atoms. The van der Waals surface area contributed by atoms with Gasteiger partial charge in [0.05, 0.1) is 7.11 Å². The van der Waals surface area contributed by atoms with E-state index in [1.54, 1.807) is 0 Å². The lowest BCUT2D eigenvalue weighted by Gasteiger charge is -1.92. The van der Waals surface area contributed by atoms with Gasteiger partial charge >= 0.3 is 29.0 Å². The molecule has 0 saturated heterocycles. The number of carbonyl (C=O) groups excluding carboxylic acids is 1. The van der Waals surface area contributed by atoms with E-state index in [0.717, 1.165) is 7.11 Å². The predicted molar refractivity (Wildman–Crippen MR) is 37.0 cm³/mol. The summed E-state index contributed by atoms with van der Waals surface area (Å²) in [7, 11) is -3.17. The maximum Gasteiger partial charge on any atom is 0.323 e. The van der Waals surface area contributed by atoms with Crippen molar-refractivity contribution in [1.29, 1.82) is 0 Å². The van der Waals surface area contributed by atoms with Crippen LogP contribution < -0.4 is 0 Å². The van der Waals surface area contributed by atoms with Crippen LogP contribution in [0, 0.1) is 0 Å². The van der Waals surface area contributed by atoms with E-state index in [0.29, 0.717) is 0 Å². The molecule has 0 heterocycles. The number of ether oxygens (including phenoxy) is 1. The zero-order chi connectivity index (χ0) is 7.49. The van der Waals surface area contributed by atoms with E-state index >= 15 is 0 Å². The Morgan fingerprint density at radius 3 is 2.10 bits per heavy atom. The molecule has 0 radical (unpaired) electrons. The van der Waals surface area contributed by atoms with Crippen LogP contribution in [0.2, 0.25) is 0 Å². The molecule has 0 spiro atoms. The van der Waals surface area contributed by atoms with Gasteiger partial charge in [-0.3, -0.25) is 9.35 Å². The molecule has 0 aliphatic heterocycles. The quantitative estimate of drug-likeness (QED) is 0.306. The summed E-state index contributed by atoms with van der Waals surface area (Å²) in [6.07, 6.45) is 0. The minimum absolute atomic E-state index is 0. The minimum Gasteiger partial charge on any atom is -0.468 e. The molecule has 0 aromatic rings. The van der Waals surface area contributed by atoms with Crippen molar-refractivity contribution >= 4 is 39.1 Å². The van der Waals surface area contributed by atoms with Crippen LogP contribution in [-0.2, 0) is 19.6 Å². The van der Waals surface area contributed by atoms with Crippen molar-refractivity contribution in [2.45, 2.75) is 0 Å². The molecule has 0 fully saturated rings. The van der Waals surface area contributed by atoms with Crippen LogP contribution in [0.3, 0.4) is 0 Å². The van der Waals surface area contributed by atoms with E-state index in [1.807, 2.05) is 0 Å². The highest BCUT2D eigenvalue weighted by molar-refractivity contribution is 7.86. The SMILES string of the molecule is COC(=O)CS(=O)(=O)O.[MgH2]. The number of carbonyl (C=O) groups is 1. The molecule has 10 heavy (non-hydrogen) atoms. The predicted octanol–water partition coefficient (Wildman–Crippen LogP) is -1.87. The summed E-state index contributed by atoms with van der Waals surface area (Å²) in [5, 5.41) is 0. The number of methoxy groups -OCH3 is 1. The lowest BCUT2D eigenvalue weighted by molar-refractivity contribution is -0.137. The Kier molecular flexibility index (Phi) is 6.25. The van der Waals surface area contributed by atoms with E-state index in [1.165, 1.54) is 0 Å². The van der Waals surface area contributed by atoms with Gasteiger partial charge in [0.15, 0.2) is 5.75 Å². The molecular formula is C3H8MgO5S. The molecule has 0 rings (SSSR count). The molecule has 0 aliphatic carbocycles. The van der Waals surface area contributed by atoms with Crippen LogP contribution in [0.15, 0.2) is 0 Å². The molecule has 0 amide bonds. The second-order valence-electron chi connectivity index (χ2n) is 1.30. The molecule has 1 N–H and O–H groups in total. The summed E-state index contributed by atoms with van der Waals surface area (Å²) in [5.74, 6) is -1.96. The molecular weight excluding hydrogens is 172 g/mol. The Balaban J connectivity index is 0. The van der Waals surface area contributed by atoms with Crippen molar-refractivity contribution in [2.24, 2.45) is 0 Å². The minimum atomic E-state index is -4.21. The Morgan fingerprint density at radius 1 is 1.60 bits per heavy atom. The Bertz CT molecular complexity index is 195. The van der Waals surface area contributed by atoms with Crippen LogP contribution >= 0.6 is 0 Å². The van der Waals surface area contributed by atoms with Gasteiger partial charge in [-0.15, -0.1) is 0 Å². The third-order valence-corrected chi connectivity index (χ3v) is 1.13. The topological polar surface area (TPSA) is 80.7 Å². The number of hydrogen-bond acceptors (Lipinski definition) is 4. The molecule has 0 aromatic carbocycles. The van der Waals surface area contributed by atoms with Crippen molar-refractivity contribution in [3.8, 4) is 0 Å². The first-order chi connectivity index (χ1) is 3.95. The maximum absolute atomic E-state index is 10.1. The standard InChI is InChI=1S/C3H6O5S.Mg.2H/c1-8-3(4)2-9(5,6)7;;;/h2H2,1H3,(H,5,6,7);;;. The largest absolute Gasteiger partial charge is 0.468 e. The van der Waals surface area contributed by atoms with Crippen molar-refractivity contribution in [2.75, 3.05) is 12.9 Å². The van der Waals surface area contributed by atoms with Gasteiger partial charge in [0.1, 0.15) is 0 Å². The van der Waals surface area contributed by atoms with E-state index < -0.39 is 21.8 Å². The van der Waals surface area contributed by atoms with Gasteiger partial charge in [-0.05, 0) is 0 Å². The van der Waals surface area contributed by atoms with Gasteiger partial charge in [0.2, 0.25) is 0 Å². The maximum atomic E-state index is 10.1. The third-order valence-electron chi connectivity index (χ3n) is 0.528. The average Bonchev–Trinajstić information content (AvgIpc) is 1.62. The van der Waals surface area contributed by atoms with Crippen LogP contribution in [-0.4, -0.2) is 54.9 Å². The first kappa shape index (κ1) is 12.8. The molecule has 0 unspecified atom stereocenters. The Morgan fingerprint density at radius 2 is 2.00 bits per heavy atom. The second-order valence-corrected chi connectivity index (χ2v) is 2.75. The summed E-state index contributed by atoms with van der Waals surface area (Å²) in [4.78, 5) is 10.1. The van der Waals surface area contributed by atoms with Gasteiger partial charge in [-0.25, -0.2) is 0 Å². The van der Waals surface area contributed by atoms with Gasteiger partial charge in [0.25, 0.3) is 10.1 Å². The van der Waals surface area contributed by atoms with Gasteiger partial charge in [-0.1, -0.05) is 0 Å². The molecule has 58 valence electrons. The molecule has 0 aliphatic rings. The number of hydrogen-bond donors (Lipinski definition) is 1. The van der Waals surface area contributed by atoms with Crippen molar-refractivity contribution < 1.29 is 22.5 Å². The summed E-state index contributed by atoms with van der Waals surface area (Å²) < 4.78 is 31.6. The summed E-state index contributed by atoms with van der Waals surface area (Å²) >= 11 is 0. The molecule has 5 nitrogen and oxygen atoms in total. The Hall–Kier alpha value is 0.146. The van der Waals surface area contributed by atoms with E-state index in [4.69, 9.17) is 4.55 Å². The van der Waals surface area contributed by atoms with E-state index in [2.05, 4.69) is 4.74 Å². The summed E-state index contributed by atoms with van der Waals surface area (Å²) in [6, 6.07) is 0. The second kappa shape index (κ2) is 4.89. The normalized spacial score (nSPS) is 9.80. The highest BCUT2D eigenvalue weighted by Gasteiger charge is 2.11. The van der Waals surface area contributed by atoms with Gasteiger partial charge in [-0.2, -0.15) is 8.42 Å². The molecule has 7 heteroatoms. The zero-order valence-corrected chi connectivity index (χ0v) is 5.51. The van der Waals surface area contributed by atoms with E-state index in [-0.39, 0.29) is 23.1 Å². The highest BCUT2D eigenvalue weighted by atomic mass is 32.2. The Labute approximate surface area is 74.6 Å². The number of rotatable bonds is 2. The van der Waals surface area contributed by atoms with Crippen LogP contribution in [0.5, 0.6) is 0 Å². The molecule has 0 aromatic heterocycles. The summed E-state index contributed by atoms with van der Waals surface area (Å²) in [6.45, 7) is 0. The average molecular weight is 180 g/mol. The zero-order valence-electron chi connectivity index (χ0n) is 4.70. The summed E-state index contributed by atoms with van der Waals surface area (Å²) in [5.41, 5.74) is 0. The highest BCUT2D eigenvalue weighted by Crippen LogP contribution is 1.82. The first-order valence-electron chi connectivity index (χ1n) is 1.97. The number of esters is 1. The fraction of sp³-hybridized carbons (Fsp3) is 0.667. The van der Waals surface area contributed by atoms with E-state index in [9.17, 15) is 13.2 Å². The van der Waals surface area contributed by atoms with Crippen molar-refractivity contribution in [3.05, 3.63) is 0 Å². The fourth-order valence-corrected chi connectivity index (χ4v) is 0.624. The monoisotopic (exact) mass is 180 g/mol. The molecule has 0 atom stereocenters. The lowest BCUT2D eigenvalue weighted by Crippen LogP contribution is -2.15. The van der Waals surface area contributed by atoms with Crippen LogP contribution in [0.25, 0.3) is 0 Å². The van der Waals surface area contributed by atoms with Gasteiger partial charge in [0, 0.05) is 0 Å². The van der Waals surface area contributed by atoms with Crippen LogP contribution in [0.1, 0.15) is 0 Å². The fourth-order valence-electron chi connectivity index (χ4n) is 0.208. The van der Waals surface area contributed by atoms with Crippen molar-refractivity contribution in [3.63, 3.8) is 0 Å². The molecule has 0 saturated carbocycles. The van der Waals surface area contributed by atoms with Gasteiger partial charge < -0.3 is 4.74 Å². The van der Waals surface area contributed by atoms with Crippen molar-refractivity contribution in [1.82, 2.24) is 0 Å². The lowest BCUT2D eigenvalue weighted by atomic mass is 10.8. The first-order valence-corrected chi connectivity index (χ1v) is 3.58. The van der Waals surface area contributed by atoms with Crippen LogP contribution in [0.4, 0.5) is 0 Å². The smallest absolute Gasteiger partial charge is 0.323 e. The third kappa shape index (κ3) is 8.15.